The van der Waals surface area contributed by atoms with Gasteiger partial charge >= 0.3 is 0 Å². The van der Waals surface area contributed by atoms with Crippen molar-refractivity contribution in [3.05, 3.63) is 29.8 Å². The molecule has 130 valence electrons. The monoisotopic (exact) mass is 361 g/mol. The Morgan fingerprint density at radius 2 is 1.39 bits per heavy atom. The molecule has 1 aromatic carbocycles. The van der Waals surface area contributed by atoms with E-state index in [1.807, 2.05) is 6.92 Å². The Balaban J connectivity index is 2.19. The molecule has 0 aliphatic carbocycles. The van der Waals surface area contributed by atoms with Gasteiger partial charge in [-0.2, -0.15) is 21.3 Å². The first kappa shape index (κ1) is 18.3. The van der Waals surface area contributed by atoms with Gasteiger partial charge in [-0.25, -0.2) is 8.42 Å². The third-order valence-corrected chi connectivity index (χ3v) is 7.71. The topological polar surface area (TPSA) is 78.0 Å². The molecule has 7 nitrogen and oxygen atoms in total. The van der Waals surface area contributed by atoms with Crippen molar-refractivity contribution in [1.82, 2.24) is 12.9 Å². The molecule has 0 atom stereocenters. The van der Waals surface area contributed by atoms with Gasteiger partial charge in [-0.1, -0.05) is 17.7 Å². The molecule has 1 heterocycles. The van der Waals surface area contributed by atoms with Crippen LogP contribution in [0.25, 0.3) is 0 Å². The molecular weight excluding hydrogens is 338 g/mol. The highest BCUT2D eigenvalue weighted by molar-refractivity contribution is 7.89. The fourth-order valence-corrected chi connectivity index (χ4v) is 5.04. The van der Waals surface area contributed by atoms with Gasteiger partial charge in [-0.15, -0.1) is 0 Å². The van der Waals surface area contributed by atoms with Crippen molar-refractivity contribution >= 4 is 20.2 Å². The summed E-state index contributed by atoms with van der Waals surface area (Å²) in [5, 5.41) is 0. The van der Waals surface area contributed by atoms with Gasteiger partial charge in [0.25, 0.3) is 10.2 Å². The van der Waals surface area contributed by atoms with E-state index in [0.717, 1.165) is 9.87 Å². The van der Waals surface area contributed by atoms with E-state index in [4.69, 9.17) is 0 Å². The van der Waals surface area contributed by atoms with E-state index in [0.29, 0.717) is 19.5 Å². The maximum Gasteiger partial charge on any atom is 0.281 e. The van der Waals surface area contributed by atoms with Crippen molar-refractivity contribution in [2.45, 2.75) is 18.2 Å². The molecule has 0 spiro atoms. The normalized spacial score (nSPS) is 19.0. The lowest BCUT2D eigenvalue weighted by molar-refractivity contribution is 0.378. The Kier molecular flexibility index (Phi) is 5.47. The number of hydrogen-bond acceptors (Lipinski definition) is 4. The first-order valence-electron chi connectivity index (χ1n) is 7.40. The summed E-state index contributed by atoms with van der Waals surface area (Å²) in [6.07, 6.45) is 0.470. The molecule has 0 amide bonds. The van der Waals surface area contributed by atoms with E-state index in [-0.39, 0.29) is 18.0 Å². The molecule has 0 saturated carbocycles. The van der Waals surface area contributed by atoms with E-state index in [1.165, 1.54) is 22.7 Å². The van der Waals surface area contributed by atoms with Gasteiger partial charge in [0.1, 0.15) is 0 Å². The summed E-state index contributed by atoms with van der Waals surface area (Å²) in [4.78, 5) is 0.243. The molecule has 0 bridgehead atoms. The zero-order valence-electron chi connectivity index (χ0n) is 13.6. The minimum absolute atomic E-state index is 0.156. The van der Waals surface area contributed by atoms with Crippen molar-refractivity contribution in [2.24, 2.45) is 0 Å². The quantitative estimate of drug-likeness (QED) is 0.782. The van der Waals surface area contributed by atoms with Crippen LogP contribution in [0.15, 0.2) is 29.2 Å². The summed E-state index contributed by atoms with van der Waals surface area (Å²) in [6, 6.07) is 6.69. The van der Waals surface area contributed by atoms with Crippen LogP contribution in [0.4, 0.5) is 0 Å². The summed E-state index contributed by atoms with van der Waals surface area (Å²) < 4.78 is 53.6. The number of hydrogen-bond donors (Lipinski definition) is 0. The van der Waals surface area contributed by atoms with Crippen LogP contribution in [0.3, 0.4) is 0 Å². The van der Waals surface area contributed by atoms with Crippen LogP contribution in [0.2, 0.25) is 0 Å². The van der Waals surface area contributed by atoms with Crippen molar-refractivity contribution in [2.75, 3.05) is 40.3 Å². The fourth-order valence-electron chi connectivity index (χ4n) is 2.43. The molecule has 0 aromatic heterocycles. The second kappa shape index (κ2) is 6.86. The van der Waals surface area contributed by atoms with Crippen molar-refractivity contribution in [3.63, 3.8) is 0 Å². The van der Waals surface area contributed by atoms with Gasteiger partial charge in [0, 0.05) is 40.3 Å². The highest BCUT2D eigenvalue weighted by atomic mass is 32.2. The van der Waals surface area contributed by atoms with E-state index in [9.17, 15) is 16.8 Å². The molecular formula is C14H23N3O4S2. The summed E-state index contributed by atoms with van der Waals surface area (Å²) >= 11 is 0. The first-order valence-corrected chi connectivity index (χ1v) is 10.2. The maximum atomic E-state index is 12.7. The molecule has 1 aliphatic heterocycles. The van der Waals surface area contributed by atoms with E-state index >= 15 is 0 Å². The molecule has 23 heavy (non-hydrogen) atoms. The van der Waals surface area contributed by atoms with Crippen molar-refractivity contribution in [3.8, 4) is 0 Å². The average Bonchev–Trinajstić information content (AvgIpc) is 2.74. The van der Waals surface area contributed by atoms with E-state index < -0.39 is 20.2 Å². The van der Waals surface area contributed by atoms with Gasteiger partial charge in [0.2, 0.25) is 10.0 Å². The Morgan fingerprint density at radius 1 is 0.870 bits per heavy atom. The van der Waals surface area contributed by atoms with E-state index in [2.05, 4.69) is 0 Å². The smallest absolute Gasteiger partial charge is 0.207 e. The molecule has 0 unspecified atom stereocenters. The summed E-state index contributed by atoms with van der Waals surface area (Å²) in [5.74, 6) is 0. The van der Waals surface area contributed by atoms with Crippen LogP contribution < -0.4 is 0 Å². The van der Waals surface area contributed by atoms with Crippen molar-refractivity contribution in [1.29, 1.82) is 0 Å². The average molecular weight is 361 g/mol. The van der Waals surface area contributed by atoms with Gasteiger partial charge in [0.05, 0.1) is 4.90 Å². The summed E-state index contributed by atoms with van der Waals surface area (Å²) in [7, 11) is -4.16. The molecule has 0 radical (unpaired) electrons. The molecule has 2 rings (SSSR count). The predicted molar refractivity (Wildman–Crippen MR) is 88.7 cm³/mol. The number of aryl methyl sites for hydroxylation is 1. The minimum atomic E-state index is -3.59. The second-order valence-electron chi connectivity index (χ2n) is 5.76. The number of nitrogens with zero attached hydrogens (tertiary/aromatic N) is 3. The van der Waals surface area contributed by atoms with Gasteiger partial charge in [0.15, 0.2) is 0 Å². The molecule has 1 saturated heterocycles. The zero-order chi connectivity index (χ0) is 17.3. The molecule has 9 heteroatoms. The predicted octanol–water partition coefficient (Wildman–Crippen LogP) is 0.498. The lowest BCUT2D eigenvalue weighted by atomic mass is 10.2. The van der Waals surface area contributed by atoms with Gasteiger partial charge in [-0.05, 0) is 25.5 Å². The maximum absolute atomic E-state index is 12.7. The van der Waals surface area contributed by atoms with Gasteiger partial charge in [-0.3, -0.25) is 0 Å². The highest BCUT2D eigenvalue weighted by Gasteiger charge is 2.31. The molecule has 1 aromatic rings. The Labute approximate surface area is 138 Å². The number of benzene rings is 1. The zero-order valence-corrected chi connectivity index (χ0v) is 15.3. The van der Waals surface area contributed by atoms with Crippen LogP contribution in [0.5, 0.6) is 0 Å². The van der Waals surface area contributed by atoms with Crippen LogP contribution in [0, 0.1) is 6.92 Å². The third-order valence-electron chi connectivity index (χ3n) is 3.86. The summed E-state index contributed by atoms with van der Waals surface area (Å²) in [5.41, 5.74) is 0.989. The fraction of sp³-hybridized carbons (Fsp3) is 0.571. The second-order valence-corrected chi connectivity index (χ2v) is 9.84. The largest absolute Gasteiger partial charge is 0.281 e. The van der Waals surface area contributed by atoms with Crippen LogP contribution >= 0.6 is 0 Å². The first-order chi connectivity index (χ1) is 10.7. The molecule has 1 aliphatic rings. The minimum Gasteiger partial charge on any atom is -0.207 e. The lowest BCUT2D eigenvalue weighted by Crippen LogP contribution is -2.42. The van der Waals surface area contributed by atoms with Crippen LogP contribution in [0.1, 0.15) is 12.0 Å². The van der Waals surface area contributed by atoms with Crippen LogP contribution in [-0.4, -0.2) is 70.0 Å². The molecule has 1 fully saturated rings. The number of rotatable bonds is 4. The Morgan fingerprint density at radius 3 is 1.96 bits per heavy atom. The SMILES string of the molecule is Cc1ccc(S(=O)(=O)N2CCCN(S(=O)(=O)N(C)C)CC2)cc1. The Hall–Kier alpha value is -1.00. The van der Waals surface area contributed by atoms with E-state index in [1.54, 1.807) is 24.3 Å². The third kappa shape index (κ3) is 3.92. The van der Waals surface area contributed by atoms with Crippen molar-refractivity contribution < 1.29 is 16.8 Å². The molecule has 0 N–H and O–H groups in total. The van der Waals surface area contributed by atoms with Crippen LogP contribution in [-0.2, 0) is 20.2 Å². The lowest BCUT2D eigenvalue weighted by Gasteiger charge is -2.24. The Bertz CT molecular complexity index is 743. The highest BCUT2D eigenvalue weighted by Crippen LogP contribution is 2.19. The van der Waals surface area contributed by atoms with Gasteiger partial charge < -0.3 is 0 Å². The number of sulfonamides is 1. The standard InChI is InChI=1S/C14H23N3O4S2/c1-13-5-7-14(8-6-13)22(18,19)16-9-4-10-17(12-11-16)23(20,21)15(2)3/h5-8H,4,9-12H2,1-3H3. The summed E-state index contributed by atoms with van der Waals surface area (Å²) in [6.45, 7) is 2.84.